The van der Waals surface area contributed by atoms with E-state index in [-0.39, 0.29) is 12.5 Å². The fraction of sp³-hybridized carbons (Fsp3) is 0.976. The molecule has 3 atom stereocenters. The van der Waals surface area contributed by atoms with Crippen molar-refractivity contribution in [2.45, 2.75) is 245 Å². The molecule has 0 fully saturated rings. The van der Waals surface area contributed by atoms with E-state index >= 15 is 0 Å². The number of hydrogen-bond acceptors (Lipinski definition) is 3. The third-order valence-electron chi connectivity index (χ3n) is 10.2. The highest BCUT2D eigenvalue weighted by molar-refractivity contribution is 5.76. The van der Waals surface area contributed by atoms with Gasteiger partial charge in [-0.1, -0.05) is 213 Å². The van der Waals surface area contributed by atoms with Crippen molar-refractivity contribution in [2.24, 2.45) is 5.92 Å². The summed E-state index contributed by atoms with van der Waals surface area (Å²) in [6.45, 7) is 6.73. The average molecular weight is 638 g/mol. The van der Waals surface area contributed by atoms with Gasteiger partial charge in [0, 0.05) is 6.42 Å². The lowest BCUT2D eigenvalue weighted by molar-refractivity contribution is -0.123. The maximum Gasteiger partial charge on any atom is 0.220 e. The van der Waals surface area contributed by atoms with Crippen molar-refractivity contribution in [3.8, 4) is 0 Å². The minimum Gasteiger partial charge on any atom is -0.394 e. The van der Waals surface area contributed by atoms with E-state index < -0.39 is 12.1 Å². The van der Waals surface area contributed by atoms with Gasteiger partial charge in [0.2, 0.25) is 5.91 Å². The molecule has 45 heavy (non-hydrogen) atoms. The number of aliphatic hydroxyl groups excluding tert-OH is 2. The van der Waals surface area contributed by atoms with Crippen molar-refractivity contribution in [2.75, 3.05) is 6.61 Å². The van der Waals surface area contributed by atoms with E-state index in [4.69, 9.17) is 0 Å². The topological polar surface area (TPSA) is 69.6 Å². The number of amides is 1. The molecule has 0 aliphatic rings. The van der Waals surface area contributed by atoms with Crippen LogP contribution in [-0.2, 0) is 4.79 Å². The van der Waals surface area contributed by atoms with Gasteiger partial charge in [-0.15, -0.1) is 0 Å². The molecule has 0 aromatic rings. The molecule has 0 saturated carbocycles. The normalized spacial score (nSPS) is 13.6. The first-order valence-electron chi connectivity index (χ1n) is 20.6. The third-order valence-corrected chi connectivity index (χ3v) is 10.2. The standard InChI is InChI=1S/C41H83NO3/c1-4-6-7-8-9-10-11-12-13-14-15-16-17-18-19-20-21-22-27-30-33-36-41(45)42-39(37-43)40(44)35-32-29-26-24-23-25-28-31-34-38(3)5-2/h38-40,43-44H,4-37H2,1-3H3,(H,42,45). The number of aliphatic hydroxyl groups is 2. The van der Waals surface area contributed by atoms with Gasteiger partial charge in [-0.25, -0.2) is 0 Å². The lowest BCUT2D eigenvalue weighted by Crippen LogP contribution is -2.45. The summed E-state index contributed by atoms with van der Waals surface area (Å²) in [5.74, 6) is 0.844. The molecule has 0 aromatic heterocycles. The molecule has 0 rings (SSSR count). The fourth-order valence-corrected chi connectivity index (χ4v) is 6.57. The zero-order valence-corrected chi connectivity index (χ0v) is 31.1. The van der Waals surface area contributed by atoms with Crippen molar-refractivity contribution in [3.63, 3.8) is 0 Å². The summed E-state index contributed by atoms with van der Waals surface area (Å²) in [5, 5.41) is 23.1. The second-order valence-corrected chi connectivity index (χ2v) is 14.7. The molecule has 0 saturated heterocycles. The van der Waals surface area contributed by atoms with Gasteiger partial charge in [0.05, 0.1) is 18.8 Å². The Labute approximate surface area is 283 Å². The Kier molecular flexibility index (Phi) is 35.7. The molecular weight excluding hydrogens is 554 g/mol. The maximum atomic E-state index is 12.4. The van der Waals surface area contributed by atoms with Crippen molar-refractivity contribution < 1.29 is 15.0 Å². The van der Waals surface area contributed by atoms with Gasteiger partial charge in [0.1, 0.15) is 0 Å². The monoisotopic (exact) mass is 638 g/mol. The Morgan fingerprint density at radius 3 is 1.20 bits per heavy atom. The molecule has 1 amide bonds. The molecule has 0 radical (unpaired) electrons. The van der Waals surface area contributed by atoms with Crippen LogP contribution < -0.4 is 5.32 Å². The summed E-state index contributed by atoms with van der Waals surface area (Å²) in [5.41, 5.74) is 0. The molecule has 270 valence electrons. The number of nitrogens with one attached hydrogen (secondary N) is 1. The van der Waals surface area contributed by atoms with Crippen LogP contribution in [0.5, 0.6) is 0 Å². The predicted octanol–water partition coefficient (Wildman–Crippen LogP) is 12.4. The van der Waals surface area contributed by atoms with Crippen LogP contribution in [0.15, 0.2) is 0 Å². The summed E-state index contributed by atoms with van der Waals surface area (Å²) >= 11 is 0. The minimum absolute atomic E-state index is 0.0285. The molecule has 4 nitrogen and oxygen atoms in total. The first-order chi connectivity index (χ1) is 22.0. The number of unbranched alkanes of at least 4 members (excludes halogenated alkanes) is 27. The highest BCUT2D eigenvalue weighted by atomic mass is 16.3. The summed E-state index contributed by atoms with van der Waals surface area (Å²) in [6, 6.07) is -0.530. The van der Waals surface area contributed by atoms with E-state index in [1.165, 1.54) is 173 Å². The van der Waals surface area contributed by atoms with E-state index in [1.807, 2.05) is 0 Å². The van der Waals surface area contributed by atoms with Crippen LogP contribution in [0.25, 0.3) is 0 Å². The molecule has 3 N–H and O–H groups in total. The minimum atomic E-state index is -0.653. The average Bonchev–Trinajstić information content (AvgIpc) is 3.04. The molecule has 0 heterocycles. The van der Waals surface area contributed by atoms with E-state index in [1.54, 1.807) is 0 Å². The van der Waals surface area contributed by atoms with Crippen LogP contribution in [0.4, 0.5) is 0 Å². The molecular formula is C41H83NO3. The summed E-state index contributed by atoms with van der Waals surface area (Å²) < 4.78 is 0. The molecule has 4 heteroatoms. The zero-order chi connectivity index (χ0) is 33.1. The van der Waals surface area contributed by atoms with Crippen LogP contribution in [0.2, 0.25) is 0 Å². The van der Waals surface area contributed by atoms with E-state index in [0.29, 0.717) is 12.8 Å². The molecule has 0 aliphatic heterocycles. The Hall–Kier alpha value is -0.610. The van der Waals surface area contributed by atoms with Gasteiger partial charge in [0.25, 0.3) is 0 Å². The molecule has 3 unspecified atom stereocenters. The van der Waals surface area contributed by atoms with Gasteiger partial charge in [-0.3, -0.25) is 4.79 Å². The van der Waals surface area contributed by atoms with Crippen molar-refractivity contribution in [1.29, 1.82) is 0 Å². The number of carbonyl (C=O) groups excluding carboxylic acids is 1. The van der Waals surface area contributed by atoms with Gasteiger partial charge in [0.15, 0.2) is 0 Å². The predicted molar refractivity (Wildman–Crippen MR) is 198 cm³/mol. The molecule has 0 aliphatic carbocycles. The van der Waals surface area contributed by atoms with Crippen LogP contribution in [0.1, 0.15) is 233 Å². The second kappa shape index (κ2) is 36.2. The van der Waals surface area contributed by atoms with Crippen LogP contribution >= 0.6 is 0 Å². The SMILES string of the molecule is CCCCCCCCCCCCCCCCCCCCCCCC(=O)NC(CO)C(O)CCCCCCCCCCC(C)CC. The molecule has 0 bridgehead atoms. The second-order valence-electron chi connectivity index (χ2n) is 14.7. The first-order valence-corrected chi connectivity index (χ1v) is 20.6. The van der Waals surface area contributed by atoms with Crippen molar-refractivity contribution >= 4 is 5.91 Å². The van der Waals surface area contributed by atoms with Crippen LogP contribution in [0.3, 0.4) is 0 Å². The van der Waals surface area contributed by atoms with Gasteiger partial charge < -0.3 is 15.5 Å². The zero-order valence-electron chi connectivity index (χ0n) is 31.1. The fourth-order valence-electron chi connectivity index (χ4n) is 6.57. The van der Waals surface area contributed by atoms with Crippen molar-refractivity contribution in [1.82, 2.24) is 5.32 Å². The maximum absolute atomic E-state index is 12.4. The van der Waals surface area contributed by atoms with Gasteiger partial charge in [-0.05, 0) is 18.8 Å². The summed E-state index contributed by atoms with van der Waals surface area (Å²) in [7, 11) is 0. The van der Waals surface area contributed by atoms with E-state index in [2.05, 4.69) is 26.1 Å². The Morgan fingerprint density at radius 2 is 0.844 bits per heavy atom. The lowest BCUT2D eigenvalue weighted by Gasteiger charge is -2.22. The smallest absolute Gasteiger partial charge is 0.220 e. The Balaban J connectivity index is 3.47. The quantitative estimate of drug-likeness (QED) is 0.0594. The largest absolute Gasteiger partial charge is 0.394 e. The van der Waals surface area contributed by atoms with Gasteiger partial charge in [-0.2, -0.15) is 0 Å². The van der Waals surface area contributed by atoms with E-state index in [9.17, 15) is 15.0 Å². The molecule has 0 spiro atoms. The van der Waals surface area contributed by atoms with E-state index in [0.717, 1.165) is 31.6 Å². The summed E-state index contributed by atoms with van der Waals surface area (Å²) in [6.07, 6.45) is 41.7. The van der Waals surface area contributed by atoms with Gasteiger partial charge >= 0.3 is 0 Å². The highest BCUT2D eigenvalue weighted by Crippen LogP contribution is 2.17. The lowest BCUT2D eigenvalue weighted by atomic mass is 9.99. The summed E-state index contributed by atoms with van der Waals surface area (Å²) in [4.78, 5) is 12.4. The number of rotatable bonds is 37. The van der Waals surface area contributed by atoms with Crippen LogP contribution in [0, 0.1) is 5.92 Å². The number of hydrogen-bond donors (Lipinski definition) is 3. The first kappa shape index (κ1) is 44.4. The Morgan fingerprint density at radius 1 is 0.511 bits per heavy atom. The number of carbonyl (C=O) groups is 1. The molecule has 0 aromatic carbocycles. The highest BCUT2D eigenvalue weighted by Gasteiger charge is 2.20. The van der Waals surface area contributed by atoms with Crippen molar-refractivity contribution in [3.05, 3.63) is 0 Å². The Bertz CT molecular complexity index is 583. The third kappa shape index (κ3) is 33.1. The van der Waals surface area contributed by atoms with Crippen LogP contribution in [-0.4, -0.2) is 34.9 Å².